The number of furan rings is 1. The summed E-state index contributed by atoms with van der Waals surface area (Å²) >= 11 is 8.57. The van der Waals surface area contributed by atoms with Crippen LogP contribution in [0.5, 0.6) is 5.75 Å². The minimum Gasteiger partial charge on any atom is -0.486 e. The van der Waals surface area contributed by atoms with Crippen molar-refractivity contribution in [2.45, 2.75) is 19.4 Å². The second kappa shape index (κ2) is 8.74. The molecule has 7 heteroatoms. The van der Waals surface area contributed by atoms with Gasteiger partial charge in [0.15, 0.2) is 5.76 Å². The lowest BCUT2D eigenvalue weighted by Gasteiger charge is -2.04. The standard InChI is InChI=1S/C16H15BrClNO4/c17-11-3-5-12(6-4-11)22-10-13-7-8-14(23-13)16(21)19-9-1-2-15(18)20/h3-8H,1-2,9-10H2,(H,19,21). The summed E-state index contributed by atoms with van der Waals surface area (Å²) in [5, 5.41) is 2.25. The molecule has 0 saturated carbocycles. The molecule has 0 fully saturated rings. The van der Waals surface area contributed by atoms with Gasteiger partial charge in [-0.05, 0) is 54.4 Å². The van der Waals surface area contributed by atoms with Crippen molar-refractivity contribution in [2.75, 3.05) is 6.54 Å². The van der Waals surface area contributed by atoms with Crippen molar-refractivity contribution in [1.82, 2.24) is 5.32 Å². The molecule has 0 saturated heterocycles. The van der Waals surface area contributed by atoms with Gasteiger partial charge in [-0.15, -0.1) is 0 Å². The third kappa shape index (κ3) is 6.08. The van der Waals surface area contributed by atoms with Gasteiger partial charge in [0.2, 0.25) is 5.24 Å². The van der Waals surface area contributed by atoms with Crippen LogP contribution in [0, 0.1) is 0 Å². The average Bonchev–Trinajstić information content (AvgIpc) is 3.00. The first-order valence-electron chi connectivity index (χ1n) is 6.98. The van der Waals surface area contributed by atoms with Gasteiger partial charge < -0.3 is 14.5 Å². The number of nitrogens with one attached hydrogen (secondary N) is 1. The number of halogens is 2. The predicted molar refractivity (Wildman–Crippen MR) is 89.6 cm³/mol. The summed E-state index contributed by atoms with van der Waals surface area (Å²) in [6.07, 6.45) is 0.723. The second-order valence-corrected chi connectivity index (χ2v) is 6.06. The minimum absolute atomic E-state index is 0.205. The smallest absolute Gasteiger partial charge is 0.286 e. The van der Waals surface area contributed by atoms with Gasteiger partial charge in [-0.25, -0.2) is 0 Å². The Morgan fingerprint density at radius 3 is 2.61 bits per heavy atom. The fraction of sp³-hybridized carbons (Fsp3) is 0.250. The zero-order valence-corrected chi connectivity index (χ0v) is 14.5. The lowest BCUT2D eigenvalue weighted by Crippen LogP contribution is -2.24. The van der Waals surface area contributed by atoms with E-state index in [2.05, 4.69) is 21.2 Å². The van der Waals surface area contributed by atoms with E-state index in [1.807, 2.05) is 24.3 Å². The van der Waals surface area contributed by atoms with Gasteiger partial charge in [-0.3, -0.25) is 9.59 Å². The zero-order valence-electron chi connectivity index (χ0n) is 12.2. The van der Waals surface area contributed by atoms with E-state index in [1.54, 1.807) is 12.1 Å². The zero-order chi connectivity index (χ0) is 16.7. The van der Waals surface area contributed by atoms with Crippen LogP contribution in [0.25, 0.3) is 0 Å². The number of amides is 1. The Kier molecular flexibility index (Phi) is 6.67. The van der Waals surface area contributed by atoms with Gasteiger partial charge in [0.25, 0.3) is 5.91 Å². The molecule has 1 N–H and O–H groups in total. The Morgan fingerprint density at radius 2 is 1.91 bits per heavy atom. The molecule has 0 unspecified atom stereocenters. The van der Waals surface area contributed by atoms with Crippen molar-refractivity contribution < 1.29 is 18.7 Å². The summed E-state index contributed by atoms with van der Waals surface area (Å²) in [6, 6.07) is 10.7. The molecule has 1 amide bonds. The molecular weight excluding hydrogens is 386 g/mol. The molecule has 1 aromatic carbocycles. The molecular formula is C16H15BrClNO4. The number of hydrogen-bond acceptors (Lipinski definition) is 4. The molecule has 0 atom stereocenters. The number of benzene rings is 1. The number of ether oxygens (including phenoxy) is 1. The Hall–Kier alpha value is -1.79. The predicted octanol–water partition coefficient (Wildman–Crippen LogP) is 3.90. The van der Waals surface area contributed by atoms with Crippen LogP contribution in [-0.4, -0.2) is 17.7 Å². The summed E-state index contributed by atoms with van der Waals surface area (Å²) in [5.74, 6) is 1.13. The van der Waals surface area contributed by atoms with E-state index >= 15 is 0 Å². The van der Waals surface area contributed by atoms with Gasteiger partial charge in [0.1, 0.15) is 18.1 Å². The van der Waals surface area contributed by atoms with E-state index < -0.39 is 5.24 Å². The first-order valence-corrected chi connectivity index (χ1v) is 8.15. The van der Waals surface area contributed by atoms with Crippen LogP contribution >= 0.6 is 27.5 Å². The van der Waals surface area contributed by atoms with E-state index in [0.717, 1.165) is 4.47 Å². The lowest BCUT2D eigenvalue weighted by molar-refractivity contribution is -0.111. The largest absolute Gasteiger partial charge is 0.486 e. The quantitative estimate of drug-likeness (QED) is 0.539. The SMILES string of the molecule is O=C(Cl)CCCNC(=O)c1ccc(COc2ccc(Br)cc2)o1. The highest BCUT2D eigenvalue weighted by Gasteiger charge is 2.11. The summed E-state index contributed by atoms with van der Waals surface area (Å²) in [4.78, 5) is 22.4. The lowest BCUT2D eigenvalue weighted by atomic mass is 10.3. The molecule has 0 aliphatic rings. The molecule has 1 aromatic heterocycles. The van der Waals surface area contributed by atoms with E-state index in [4.69, 9.17) is 20.8 Å². The van der Waals surface area contributed by atoms with Crippen molar-refractivity contribution in [3.05, 3.63) is 52.4 Å². The Balaban J connectivity index is 1.79. The van der Waals surface area contributed by atoms with Crippen molar-refractivity contribution in [3.8, 4) is 5.75 Å². The topological polar surface area (TPSA) is 68.5 Å². The number of hydrogen-bond donors (Lipinski definition) is 1. The van der Waals surface area contributed by atoms with E-state index in [9.17, 15) is 9.59 Å². The number of rotatable bonds is 8. The molecule has 0 radical (unpaired) electrons. The molecule has 23 heavy (non-hydrogen) atoms. The fourth-order valence-corrected chi connectivity index (χ4v) is 2.18. The molecule has 2 aromatic rings. The Bertz CT molecular complexity index is 669. The molecule has 0 bridgehead atoms. The molecule has 0 spiro atoms. The summed E-state index contributed by atoms with van der Waals surface area (Å²) < 4.78 is 12.0. The monoisotopic (exact) mass is 399 g/mol. The van der Waals surface area contributed by atoms with Gasteiger partial charge >= 0.3 is 0 Å². The Morgan fingerprint density at radius 1 is 1.17 bits per heavy atom. The second-order valence-electron chi connectivity index (χ2n) is 4.72. The van der Waals surface area contributed by atoms with E-state index in [-0.39, 0.29) is 24.7 Å². The molecule has 0 aliphatic heterocycles. The highest BCUT2D eigenvalue weighted by molar-refractivity contribution is 9.10. The molecule has 0 aliphatic carbocycles. The average molecular weight is 401 g/mol. The highest BCUT2D eigenvalue weighted by Crippen LogP contribution is 2.18. The van der Waals surface area contributed by atoms with Crippen molar-refractivity contribution in [1.29, 1.82) is 0 Å². The summed E-state index contributed by atoms with van der Waals surface area (Å²) in [5.41, 5.74) is 0. The van der Waals surface area contributed by atoms with Gasteiger partial charge in [-0.1, -0.05) is 15.9 Å². The van der Waals surface area contributed by atoms with Gasteiger partial charge in [0.05, 0.1) is 0 Å². The van der Waals surface area contributed by atoms with Gasteiger partial charge in [0, 0.05) is 17.4 Å². The van der Waals surface area contributed by atoms with Crippen LogP contribution in [0.1, 0.15) is 29.2 Å². The maximum absolute atomic E-state index is 11.8. The molecule has 2 rings (SSSR count). The van der Waals surface area contributed by atoms with Crippen LogP contribution in [0.2, 0.25) is 0 Å². The third-order valence-electron chi connectivity index (χ3n) is 2.92. The molecule has 1 heterocycles. The van der Waals surface area contributed by atoms with Crippen LogP contribution in [0.15, 0.2) is 45.3 Å². The van der Waals surface area contributed by atoms with Crippen molar-refractivity contribution in [2.24, 2.45) is 0 Å². The maximum atomic E-state index is 11.8. The van der Waals surface area contributed by atoms with Crippen LogP contribution < -0.4 is 10.1 Å². The Labute approximate surface area is 147 Å². The first kappa shape index (κ1) is 17.6. The van der Waals surface area contributed by atoms with Crippen LogP contribution in [0.4, 0.5) is 0 Å². The minimum atomic E-state index is -0.412. The number of carbonyl (C=O) groups excluding carboxylic acids is 2. The van der Waals surface area contributed by atoms with Gasteiger partial charge in [-0.2, -0.15) is 0 Å². The van der Waals surface area contributed by atoms with E-state index in [0.29, 0.717) is 24.5 Å². The third-order valence-corrected chi connectivity index (χ3v) is 3.63. The molecule has 122 valence electrons. The van der Waals surface area contributed by atoms with E-state index in [1.165, 1.54) is 0 Å². The number of carbonyl (C=O) groups is 2. The highest BCUT2D eigenvalue weighted by atomic mass is 79.9. The molecule has 5 nitrogen and oxygen atoms in total. The van der Waals surface area contributed by atoms with Crippen molar-refractivity contribution in [3.63, 3.8) is 0 Å². The van der Waals surface area contributed by atoms with Crippen LogP contribution in [-0.2, 0) is 11.4 Å². The van der Waals surface area contributed by atoms with Crippen LogP contribution in [0.3, 0.4) is 0 Å². The normalized spacial score (nSPS) is 10.3. The summed E-state index contributed by atoms with van der Waals surface area (Å²) in [7, 11) is 0. The maximum Gasteiger partial charge on any atom is 0.286 e. The summed E-state index contributed by atoms with van der Waals surface area (Å²) in [6.45, 7) is 0.596. The first-order chi connectivity index (χ1) is 11.0. The van der Waals surface area contributed by atoms with Crippen molar-refractivity contribution >= 4 is 38.7 Å². The fourth-order valence-electron chi connectivity index (χ4n) is 1.78.